The summed E-state index contributed by atoms with van der Waals surface area (Å²) in [6, 6.07) is 9.73. The van der Waals surface area contributed by atoms with Crippen molar-refractivity contribution >= 4 is 5.91 Å². The average molecular weight is 219 g/mol. The number of carbonyl (C=O) groups excluding carboxylic acids is 1. The number of likely N-dealkylation sites (N-methyl/N-ethyl adjacent to an activating group) is 1. The van der Waals surface area contributed by atoms with E-state index in [0.29, 0.717) is 6.54 Å². The first-order valence-corrected chi connectivity index (χ1v) is 5.70. The van der Waals surface area contributed by atoms with Gasteiger partial charge in [-0.1, -0.05) is 30.3 Å². The van der Waals surface area contributed by atoms with Crippen molar-refractivity contribution in [3.05, 3.63) is 35.9 Å². The summed E-state index contributed by atoms with van der Waals surface area (Å²) in [4.78, 5) is 12.1. The third-order valence-electron chi connectivity index (χ3n) is 3.36. The van der Waals surface area contributed by atoms with E-state index in [2.05, 4.69) is 5.32 Å². The van der Waals surface area contributed by atoms with Gasteiger partial charge in [0.2, 0.25) is 5.91 Å². The molecule has 1 aromatic carbocycles. The van der Waals surface area contributed by atoms with Gasteiger partial charge in [0.25, 0.3) is 0 Å². The van der Waals surface area contributed by atoms with Crippen LogP contribution in [0.25, 0.3) is 0 Å². The Morgan fingerprint density at radius 1 is 1.50 bits per heavy atom. The molecule has 2 rings (SSSR count). The minimum absolute atomic E-state index is 0.0419. The summed E-state index contributed by atoms with van der Waals surface area (Å²) in [7, 11) is 0. The van der Waals surface area contributed by atoms with Gasteiger partial charge in [-0.15, -0.1) is 0 Å². The van der Waals surface area contributed by atoms with Crippen LogP contribution in [0.4, 0.5) is 0 Å². The van der Waals surface area contributed by atoms with Gasteiger partial charge in [-0.25, -0.2) is 0 Å². The number of aliphatic hydroxyl groups is 1. The summed E-state index contributed by atoms with van der Waals surface area (Å²) < 4.78 is 0. The van der Waals surface area contributed by atoms with E-state index in [-0.39, 0.29) is 18.4 Å². The van der Waals surface area contributed by atoms with Gasteiger partial charge in [-0.3, -0.25) is 4.79 Å². The highest BCUT2D eigenvalue weighted by atomic mass is 16.3. The zero-order chi connectivity index (χ0) is 11.6. The van der Waals surface area contributed by atoms with Crippen molar-refractivity contribution in [2.45, 2.75) is 18.8 Å². The summed E-state index contributed by atoms with van der Waals surface area (Å²) in [6.45, 7) is 2.62. The van der Waals surface area contributed by atoms with Gasteiger partial charge in [-0.05, 0) is 18.9 Å². The summed E-state index contributed by atoms with van der Waals surface area (Å²) in [5.41, 5.74) is 0.534. The van der Waals surface area contributed by atoms with E-state index in [1.165, 1.54) is 0 Å². The largest absolute Gasteiger partial charge is 0.396 e. The summed E-state index contributed by atoms with van der Waals surface area (Å²) in [6.07, 6.45) is 0.749. The smallest absolute Gasteiger partial charge is 0.231 e. The minimum atomic E-state index is -0.480. The Labute approximate surface area is 95.5 Å². The number of hydrogen-bond acceptors (Lipinski definition) is 2. The van der Waals surface area contributed by atoms with Gasteiger partial charge in [0, 0.05) is 19.1 Å². The van der Waals surface area contributed by atoms with Gasteiger partial charge in [0.05, 0.1) is 5.41 Å². The van der Waals surface area contributed by atoms with Crippen molar-refractivity contribution in [3.8, 4) is 0 Å². The van der Waals surface area contributed by atoms with E-state index in [1.54, 1.807) is 0 Å². The zero-order valence-electron chi connectivity index (χ0n) is 9.44. The molecule has 0 saturated heterocycles. The fourth-order valence-corrected chi connectivity index (χ4v) is 2.37. The first-order valence-electron chi connectivity index (χ1n) is 5.70. The maximum atomic E-state index is 12.1. The predicted molar refractivity (Wildman–Crippen MR) is 62.0 cm³/mol. The van der Waals surface area contributed by atoms with Gasteiger partial charge in [0.1, 0.15) is 0 Å². The van der Waals surface area contributed by atoms with Crippen LogP contribution in [-0.2, 0) is 10.2 Å². The van der Waals surface area contributed by atoms with Crippen LogP contribution in [0.2, 0.25) is 0 Å². The lowest BCUT2D eigenvalue weighted by Gasteiger charge is -2.16. The van der Waals surface area contributed by atoms with Crippen molar-refractivity contribution in [3.63, 3.8) is 0 Å². The molecule has 16 heavy (non-hydrogen) atoms. The Bertz CT molecular complexity index is 377. The Morgan fingerprint density at radius 2 is 2.19 bits per heavy atom. The molecule has 0 aliphatic heterocycles. The molecular weight excluding hydrogens is 202 g/mol. The van der Waals surface area contributed by atoms with Crippen molar-refractivity contribution in [2.24, 2.45) is 5.92 Å². The molecule has 3 nitrogen and oxygen atoms in total. The molecule has 0 aromatic heterocycles. The van der Waals surface area contributed by atoms with Crippen LogP contribution >= 0.6 is 0 Å². The maximum absolute atomic E-state index is 12.1. The van der Waals surface area contributed by atoms with Crippen LogP contribution in [0, 0.1) is 5.92 Å². The maximum Gasteiger partial charge on any atom is 0.231 e. The number of amides is 1. The Kier molecular flexibility index (Phi) is 2.97. The first kappa shape index (κ1) is 11.1. The van der Waals surface area contributed by atoms with E-state index >= 15 is 0 Å². The minimum Gasteiger partial charge on any atom is -0.396 e. The lowest BCUT2D eigenvalue weighted by atomic mass is 9.92. The normalized spacial score (nSPS) is 27.5. The topological polar surface area (TPSA) is 49.3 Å². The first-order chi connectivity index (χ1) is 7.75. The number of benzene rings is 1. The number of rotatable bonds is 4. The summed E-state index contributed by atoms with van der Waals surface area (Å²) in [5.74, 6) is 0.113. The number of nitrogens with one attached hydrogen (secondary N) is 1. The van der Waals surface area contributed by atoms with Crippen LogP contribution < -0.4 is 5.32 Å². The molecule has 86 valence electrons. The Hall–Kier alpha value is -1.35. The number of carbonyl (C=O) groups is 1. The van der Waals surface area contributed by atoms with Crippen LogP contribution in [0.3, 0.4) is 0 Å². The van der Waals surface area contributed by atoms with Crippen molar-refractivity contribution in [1.82, 2.24) is 5.32 Å². The van der Waals surface area contributed by atoms with Crippen molar-refractivity contribution in [2.75, 3.05) is 13.2 Å². The molecule has 0 spiro atoms. The fourth-order valence-electron chi connectivity index (χ4n) is 2.37. The van der Waals surface area contributed by atoms with Crippen LogP contribution in [0.5, 0.6) is 0 Å². The molecule has 1 aliphatic rings. The lowest BCUT2D eigenvalue weighted by Crippen LogP contribution is -2.36. The van der Waals surface area contributed by atoms with Gasteiger partial charge in [-0.2, -0.15) is 0 Å². The molecule has 1 aromatic rings. The van der Waals surface area contributed by atoms with E-state index in [1.807, 2.05) is 37.3 Å². The van der Waals surface area contributed by atoms with Crippen LogP contribution in [0.1, 0.15) is 18.9 Å². The van der Waals surface area contributed by atoms with E-state index < -0.39 is 5.41 Å². The highest BCUT2D eigenvalue weighted by Crippen LogP contribution is 2.54. The fraction of sp³-hybridized carbons (Fsp3) is 0.462. The molecule has 2 N–H and O–H groups in total. The molecular formula is C13H17NO2. The quantitative estimate of drug-likeness (QED) is 0.796. The molecule has 2 atom stereocenters. The molecule has 0 unspecified atom stereocenters. The third-order valence-corrected chi connectivity index (χ3v) is 3.36. The standard InChI is InChI=1S/C13H17NO2/c1-2-14-12(16)13(8-11(13)9-15)10-6-4-3-5-7-10/h3-7,11,15H,2,8-9H2,1H3,(H,14,16)/t11-,13+/m0/s1. The van der Waals surface area contributed by atoms with Crippen LogP contribution in [-0.4, -0.2) is 24.2 Å². The SMILES string of the molecule is CCNC(=O)[C@@]1(c2ccccc2)C[C@H]1CO. The van der Waals surface area contributed by atoms with Gasteiger partial charge in [0.15, 0.2) is 0 Å². The molecule has 0 bridgehead atoms. The lowest BCUT2D eigenvalue weighted by molar-refractivity contribution is -0.124. The second kappa shape index (κ2) is 4.26. The molecule has 0 radical (unpaired) electrons. The Morgan fingerprint density at radius 3 is 2.69 bits per heavy atom. The Balaban J connectivity index is 2.28. The average Bonchev–Trinajstić information content (AvgIpc) is 3.06. The van der Waals surface area contributed by atoms with E-state index in [0.717, 1.165) is 12.0 Å². The highest BCUT2D eigenvalue weighted by molar-refractivity contribution is 5.92. The molecule has 3 heteroatoms. The van der Waals surface area contributed by atoms with Gasteiger partial charge >= 0.3 is 0 Å². The predicted octanol–water partition coefficient (Wildman–Crippen LogP) is 1.07. The molecule has 1 aliphatic carbocycles. The molecule has 1 fully saturated rings. The van der Waals surface area contributed by atoms with E-state index in [4.69, 9.17) is 0 Å². The molecule has 1 saturated carbocycles. The summed E-state index contributed by atoms with van der Waals surface area (Å²) >= 11 is 0. The van der Waals surface area contributed by atoms with Crippen molar-refractivity contribution in [1.29, 1.82) is 0 Å². The van der Waals surface area contributed by atoms with Crippen LogP contribution in [0.15, 0.2) is 30.3 Å². The second-order valence-electron chi connectivity index (χ2n) is 4.28. The number of aliphatic hydroxyl groups excluding tert-OH is 1. The second-order valence-corrected chi connectivity index (χ2v) is 4.28. The van der Waals surface area contributed by atoms with Crippen molar-refractivity contribution < 1.29 is 9.90 Å². The van der Waals surface area contributed by atoms with E-state index in [9.17, 15) is 9.90 Å². The summed E-state index contributed by atoms with van der Waals surface area (Å²) in [5, 5.41) is 12.1. The molecule has 1 amide bonds. The monoisotopic (exact) mass is 219 g/mol. The molecule has 0 heterocycles. The zero-order valence-corrected chi connectivity index (χ0v) is 9.44. The third kappa shape index (κ3) is 1.61. The highest BCUT2D eigenvalue weighted by Gasteiger charge is 2.60. The van der Waals surface area contributed by atoms with Gasteiger partial charge < -0.3 is 10.4 Å². The number of hydrogen-bond donors (Lipinski definition) is 2.